The van der Waals surface area contributed by atoms with E-state index in [0.717, 1.165) is 13.1 Å². The van der Waals surface area contributed by atoms with Gasteiger partial charge in [0.1, 0.15) is 0 Å². The minimum Gasteiger partial charge on any atom is -0.311 e. The number of nitrogens with one attached hydrogen (secondary N) is 1. The maximum absolute atomic E-state index is 3.51. The van der Waals surface area contributed by atoms with Crippen molar-refractivity contribution in [2.45, 2.75) is 59.0 Å². The smallest absolute Gasteiger partial charge is 0.0107 e. The molecule has 86 valence electrons. The molecule has 0 radical (unpaired) electrons. The van der Waals surface area contributed by atoms with Crippen molar-refractivity contribution in [2.24, 2.45) is 0 Å². The second-order valence-corrected chi connectivity index (χ2v) is 5.30. The lowest BCUT2D eigenvalue weighted by Crippen LogP contribution is -2.42. The molecule has 2 nitrogen and oxygen atoms in total. The van der Waals surface area contributed by atoms with Crippen LogP contribution in [0.25, 0.3) is 0 Å². The molecule has 0 aromatic rings. The quantitative estimate of drug-likeness (QED) is 0.708. The van der Waals surface area contributed by atoms with Crippen molar-refractivity contribution in [1.82, 2.24) is 10.2 Å². The SMILES string of the molecule is CCCC(C)N(C)CCNC(C)(C)C. The van der Waals surface area contributed by atoms with Gasteiger partial charge in [0.25, 0.3) is 0 Å². The Kier molecular flexibility index (Phi) is 6.38. The molecule has 0 aliphatic carbocycles. The Labute approximate surface area is 90.1 Å². The zero-order valence-electron chi connectivity index (χ0n) is 10.9. The van der Waals surface area contributed by atoms with Crippen LogP contribution in [0.4, 0.5) is 0 Å². The summed E-state index contributed by atoms with van der Waals surface area (Å²) in [5, 5.41) is 3.51. The fraction of sp³-hybridized carbons (Fsp3) is 1.00. The molecular weight excluding hydrogens is 172 g/mol. The number of rotatable bonds is 6. The first kappa shape index (κ1) is 13.9. The average Bonchev–Trinajstić information content (AvgIpc) is 2.02. The van der Waals surface area contributed by atoms with Gasteiger partial charge < -0.3 is 10.2 Å². The molecule has 0 aliphatic heterocycles. The van der Waals surface area contributed by atoms with Gasteiger partial charge in [-0.1, -0.05) is 13.3 Å². The Bertz CT molecular complexity index is 138. The van der Waals surface area contributed by atoms with Crippen LogP contribution in [-0.2, 0) is 0 Å². The Hall–Kier alpha value is -0.0800. The van der Waals surface area contributed by atoms with E-state index in [1.165, 1.54) is 12.8 Å². The van der Waals surface area contributed by atoms with Gasteiger partial charge in [0.05, 0.1) is 0 Å². The summed E-state index contributed by atoms with van der Waals surface area (Å²) in [6, 6.07) is 0.710. The van der Waals surface area contributed by atoms with Crippen molar-refractivity contribution in [2.75, 3.05) is 20.1 Å². The van der Waals surface area contributed by atoms with Crippen LogP contribution in [0.1, 0.15) is 47.5 Å². The van der Waals surface area contributed by atoms with Crippen molar-refractivity contribution in [3.8, 4) is 0 Å². The van der Waals surface area contributed by atoms with E-state index in [1.807, 2.05) is 0 Å². The highest BCUT2D eigenvalue weighted by Gasteiger charge is 2.10. The second kappa shape index (κ2) is 6.41. The number of hydrogen-bond acceptors (Lipinski definition) is 2. The molecule has 0 aromatic carbocycles. The van der Waals surface area contributed by atoms with E-state index in [-0.39, 0.29) is 5.54 Å². The molecule has 1 N–H and O–H groups in total. The van der Waals surface area contributed by atoms with E-state index in [4.69, 9.17) is 0 Å². The van der Waals surface area contributed by atoms with Crippen molar-refractivity contribution in [3.05, 3.63) is 0 Å². The van der Waals surface area contributed by atoms with E-state index in [0.29, 0.717) is 6.04 Å². The molecule has 0 aliphatic rings. The summed E-state index contributed by atoms with van der Waals surface area (Å²) in [5.74, 6) is 0. The Morgan fingerprint density at radius 2 is 1.86 bits per heavy atom. The van der Waals surface area contributed by atoms with Gasteiger partial charge in [0.2, 0.25) is 0 Å². The topological polar surface area (TPSA) is 15.3 Å². The van der Waals surface area contributed by atoms with Crippen molar-refractivity contribution in [1.29, 1.82) is 0 Å². The Morgan fingerprint density at radius 1 is 1.29 bits per heavy atom. The Morgan fingerprint density at radius 3 is 2.29 bits per heavy atom. The highest BCUT2D eigenvalue weighted by atomic mass is 15.1. The third-order valence-electron chi connectivity index (χ3n) is 2.58. The van der Waals surface area contributed by atoms with Gasteiger partial charge >= 0.3 is 0 Å². The van der Waals surface area contributed by atoms with E-state index in [1.54, 1.807) is 0 Å². The average molecular weight is 200 g/mol. The van der Waals surface area contributed by atoms with Crippen LogP contribution in [0.15, 0.2) is 0 Å². The first-order valence-corrected chi connectivity index (χ1v) is 5.82. The molecule has 1 unspecified atom stereocenters. The highest BCUT2D eigenvalue weighted by Crippen LogP contribution is 2.03. The van der Waals surface area contributed by atoms with E-state index >= 15 is 0 Å². The molecule has 0 bridgehead atoms. The third-order valence-corrected chi connectivity index (χ3v) is 2.58. The molecule has 0 heterocycles. The van der Waals surface area contributed by atoms with Gasteiger partial charge in [0.15, 0.2) is 0 Å². The molecule has 0 amide bonds. The van der Waals surface area contributed by atoms with Gasteiger partial charge in [-0.05, 0) is 41.2 Å². The maximum atomic E-state index is 3.51. The van der Waals surface area contributed by atoms with Crippen molar-refractivity contribution in [3.63, 3.8) is 0 Å². The van der Waals surface area contributed by atoms with E-state index in [2.05, 4.69) is 51.9 Å². The molecule has 0 rings (SSSR count). The lowest BCUT2D eigenvalue weighted by Gasteiger charge is -2.27. The summed E-state index contributed by atoms with van der Waals surface area (Å²) in [6.07, 6.45) is 2.57. The van der Waals surface area contributed by atoms with Crippen molar-refractivity contribution < 1.29 is 0 Å². The molecule has 1 atom stereocenters. The van der Waals surface area contributed by atoms with Crippen molar-refractivity contribution >= 4 is 0 Å². The van der Waals surface area contributed by atoms with Crippen LogP contribution >= 0.6 is 0 Å². The zero-order valence-corrected chi connectivity index (χ0v) is 10.9. The highest BCUT2D eigenvalue weighted by molar-refractivity contribution is 4.72. The molecular formula is C12H28N2. The molecule has 0 saturated heterocycles. The minimum absolute atomic E-state index is 0.245. The van der Waals surface area contributed by atoms with Gasteiger partial charge in [-0.3, -0.25) is 0 Å². The van der Waals surface area contributed by atoms with Crippen LogP contribution < -0.4 is 5.32 Å². The maximum Gasteiger partial charge on any atom is 0.0107 e. The minimum atomic E-state index is 0.245. The molecule has 2 heteroatoms. The van der Waals surface area contributed by atoms with Crippen LogP contribution in [0, 0.1) is 0 Å². The monoisotopic (exact) mass is 200 g/mol. The Balaban J connectivity index is 3.58. The first-order valence-electron chi connectivity index (χ1n) is 5.82. The molecule has 0 aromatic heterocycles. The summed E-state index contributed by atoms with van der Waals surface area (Å²) in [4.78, 5) is 2.43. The summed E-state index contributed by atoms with van der Waals surface area (Å²) >= 11 is 0. The standard InChI is InChI=1S/C12H28N2/c1-7-8-11(2)14(6)10-9-13-12(3,4)5/h11,13H,7-10H2,1-6H3. The van der Waals surface area contributed by atoms with Crippen LogP contribution in [0.2, 0.25) is 0 Å². The van der Waals surface area contributed by atoms with E-state index < -0.39 is 0 Å². The van der Waals surface area contributed by atoms with Crippen LogP contribution in [-0.4, -0.2) is 36.6 Å². The number of nitrogens with zero attached hydrogens (tertiary/aromatic N) is 1. The van der Waals surface area contributed by atoms with Crippen LogP contribution in [0.3, 0.4) is 0 Å². The first-order chi connectivity index (χ1) is 6.37. The number of likely N-dealkylation sites (N-methyl/N-ethyl adjacent to an activating group) is 1. The lowest BCUT2D eigenvalue weighted by atomic mass is 10.1. The lowest BCUT2D eigenvalue weighted by molar-refractivity contribution is 0.236. The van der Waals surface area contributed by atoms with Gasteiger partial charge in [0, 0.05) is 24.7 Å². The summed E-state index contributed by atoms with van der Waals surface area (Å²) in [6.45, 7) is 13.4. The summed E-state index contributed by atoms with van der Waals surface area (Å²) in [5.41, 5.74) is 0.245. The fourth-order valence-corrected chi connectivity index (χ4v) is 1.47. The molecule has 0 spiro atoms. The summed E-state index contributed by atoms with van der Waals surface area (Å²) < 4.78 is 0. The normalized spacial score (nSPS) is 14.8. The van der Waals surface area contributed by atoms with E-state index in [9.17, 15) is 0 Å². The second-order valence-electron chi connectivity index (χ2n) is 5.30. The van der Waals surface area contributed by atoms with Crippen LogP contribution in [0.5, 0.6) is 0 Å². The largest absolute Gasteiger partial charge is 0.311 e. The zero-order chi connectivity index (χ0) is 11.2. The molecule has 14 heavy (non-hydrogen) atoms. The van der Waals surface area contributed by atoms with Gasteiger partial charge in [-0.25, -0.2) is 0 Å². The summed E-state index contributed by atoms with van der Waals surface area (Å²) in [7, 11) is 2.21. The fourth-order valence-electron chi connectivity index (χ4n) is 1.47. The third kappa shape index (κ3) is 7.34. The molecule has 0 saturated carbocycles. The predicted octanol–water partition coefficient (Wildman–Crippen LogP) is 2.49. The van der Waals surface area contributed by atoms with Gasteiger partial charge in [-0.15, -0.1) is 0 Å². The molecule has 0 fully saturated rings. The predicted molar refractivity (Wildman–Crippen MR) is 64.8 cm³/mol. The van der Waals surface area contributed by atoms with Gasteiger partial charge in [-0.2, -0.15) is 0 Å². The number of hydrogen-bond donors (Lipinski definition) is 1.